The molecule has 0 amide bonds. The van der Waals surface area contributed by atoms with Crippen LogP contribution >= 0.6 is 0 Å². The minimum absolute atomic E-state index is 0.0672. The molecule has 0 saturated heterocycles. The van der Waals surface area contributed by atoms with E-state index in [-0.39, 0.29) is 24.2 Å². The Morgan fingerprint density at radius 1 is 1.06 bits per heavy atom. The van der Waals surface area contributed by atoms with Crippen molar-refractivity contribution < 1.29 is 43.7 Å². The fourth-order valence-electron chi connectivity index (χ4n) is 8.05. The molecule has 3 aliphatic carbocycles. The van der Waals surface area contributed by atoms with Gasteiger partial charge in [-0.05, 0) is 38.0 Å². The fraction of sp³-hybridized carbons (Fsp3) is 0.741. The van der Waals surface area contributed by atoms with Crippen LogP contribution in [0.1, 0.15) is 60.8 Å². The normalized spacial score (nSPS) is 41.4. The summed E-state index contributed by atoms with van der Waals surface area (Å²) in [6.07, 6.45) is -0.980. The van der Waals surface area contributed by atoms with Gasteiger partial charge < -0.3 is 19.7 Å². The van der Waals surface area contributed by atoms with Crippen LogP contribution in [0, 0.1) is 39.4 Å². The van der Waals surface area contributed by atoms with E-state index in [1.165, 1.54) is 6.92 Å². The molecule has 0 heterocycles. The van der Waals surface area contributed by atoms with E-state index in [0.29, 0.717) is 6.42 Å². The van der Waals surface area contributed by atoms with Crippen molar-refractivity contribution >= 4 is 29.3 Å². The lowest BCUT2D eigenvalue weighted by atomic mass is 9.35. The monoisotopic (exact) mass is 506 g/mol. The number of ether oxygens (including phenoxy) is 2. The Morgan fingerprint density at radius 3 is 2.11 bits per heavy atom. The van der Waals surface area contributed by atoms with Crippen LogP contribution in [0.2, 0.25) is 0 Å². The first kappa shape index (κ1) is 28.2. The van der Waals surface area contributed by atoms with E-state index < -0.39 is 74.6 Å². The Hall–Kier alpha value is -2.39. The molecule has 3 aliphatic rings. The lowest BCUT2D eigenvalue weighted by molar-refractivity contribution is -0.222. The van der Waals surface area contributed by atoms with E-state index in [0.717, 1.165) is 21.1 Å². The second-order valence-corrected chi connectivity index (χ2v) is 12.2. The average molecular weight is 507 g/mol. The van der Waals surface area contributed by atoms with Crippen molar-refractivity contribution in [2.24, 2.45) is 39.4 Å². The number of esters is 2. The molecule has 0 spiro atoms. The van der Waals surface area contributed by atoms with Gasteiger partial charge >= 0.3 is 11.9 Å². The molecule has 9 nitrogen and oxygen atoms in total. The lowest BCUT2D eigenvalue weighted by Crippen LogP contribution is -2.73. The van der Waals surface area contributed by atoms with Crippen LogP contribution in [-0.2, 0) is 33.4 Å². The minimum atomic E-state index is -2.63. The molecule has 9 heteroatoms. The van der Waals surface area contributed by atoms with E-state index in [1.807, 2.05) is 6.92 Å². The molecule has 3 rings (SSSR count). The van der Waals surface area contributed by atoms with Crippen molar-refractivity contribution in [3.05, 3.63) is 12.2 Å². The quantitative estimate of drug-likeness (QED) is 0.331. The van der Waals surface area contributed by atoms with Crippen molar-refractivity contribution in [2.45, 2.75) is 72.5 Å². The number of carbonyl (C=O) groups excluding carboxylic acids is 5. The zero-order valence-electron chi connectivity index (χ0n) is 22.4. The molecule has 8 atom stereocenters. The summed E-state index contributed by atoms with van der Waals surface area (Å²) in [5.74, 6) is -6.54. The van der Waals surface area contributed by atoms with Crippen molar-refractivity contribution in [2.75, 3.05) is 14.2 Å². The molecule has 8 unspecified atom stereocenters. The molecule has 200 valence electrons. The van der Waals surface area contributed by atoms with Crippen LogP contribution in [0.25, 0.3) is 0 Å². The average Bonchev–Trinajstić information content (AvgIpc) is 2.81. The Morgan fingerprint density at radius 2 is 1.61 bits per heavy atom. The van der Waals surface area contributed by atoms with Crippen molar-refractivity contribution in [1.82, 2.24) is 0 Å². The van der Waals surface area contributed by atoms with Gasteiger partial charge in [-0.1, -0.05) is 39.8 Å². The number of hydrogen-bond acceptors (Lipinski definition) is 9. The molecule has 0 bridgehead atoms. The number of aliphatic hydroxyl groups excluding tert-OH is 1. The first-order valence-electron chi connectivity index (χ1n) is 12.2. The Labute approximate surface area is 211 Å². The second-order valence-electron chi connectivity index (χ2n) is 12.2. The Balaban J connectivity index is 2.31. The molecular formula is C27H38O9. The molecule has 0 aliphatic heterocycles. The topological polar surface area (TPSA) is 144 Å². The third-order valence-electron chi connectivity index (χ3n) is 10.00. The van der Waals surface area contributed by atoms with E-state index in [4.69, 9.17) is 4.74 Å². The van der Waals surface area contributed by atoms with Crippen LogP contribution in [0.4, 0.5) is 0 Å². The van der Waals surface area contributed by atoms with Gasteiger partial charge in [0.1, 0.15) is 11.9 Å². The third-order valence-corrected chi connectivity index (χ3v) is 10.00. The standard InChI is InChI=1S/C27H38O9/c1-13-12-14-24(4)11-10-15(28)23(2,3)17(24)16(29)19(30)26(14,6)18(20(31)35-8)25(13,5)21(32)27(7,34)22(33)36-9/h14,17-19,30,34H,1,10-12H2,2-9H3. The van der Waals surface area contributed by atoms with Crippen molar-refractivity contribution in [3.8, 4) is 0 Å². The number of methoxy groups -OCH3 is 2. The van der Waals surface area contributed by atoms with E-state index in [2.05, 4.69) is 11.3 Å². The first-order valence-corrected chi connectivity index (χ1v) is 12.2. The maximum absolute atomic E-state index is 13.9. The number of aliphatic hydroxyl groups is 2. The Bertz CT molecular complexity index is 1060. The summed E-state index contributed by atoms with van der Waals surface area (Å²) >= 11 is 0. The van der Waals surface area contributed by atoms with Gasteiger partial charge in [-0.3, -0.25) is 19.2 Å². The number of rotatable bonds is 4. The van der Waals surface area contributed by atoms with Gasteiger partial charge in [-0.25, -0.2) is 4.79 Å². The van der Waals surface area contributed by atoms with E-state index in [9.17, 15) is 34.2 Å². The van der Waals surface area contributed by atoms with Gasteiger partial charge in [-0.15, -0.1) is 0 Å². The summed E-state index contributed by atoms with van der Waals surface area (Å²) in [4.78, 5) is 66.4. The predicted octanol–water partition coefficient (Wildman–Crippen LogP) is 1.81. The molecule has 0 aromatic heterocycles. The van der Waals surface area contributed by atoms with Gasteiger partial charge in [-0.2, -0.15) is 0 Å². The van der Waals surface area contributed by atoms with Gasteiger partial charge in [0.15, 0.2) is 11.6 Å². The van der Waals surface area contributed by atoms with Crippen molar-refractivity contribution in [1.29, 1.82) is 0 Å². The summed E-state index contributed by atoms with van der Waals surface area (Å²) in [5.41, 5.74) is -7.58. The third kappa shape index (κ3) is 3.24. The molecule has 0 radical (unpaired) electrons. The highest BCUT2D eigenvalue weighted by molar-refractivity contribution is 6.11. The number of Topliss-reactive ketones (excluding diaryl/α,β-unsaturated/α-hetero) is 3. The highest BCUT2D eigenvalue weighted by Gasteiger charge is 2.75. The zero-order chi connectivity index (χ0) is 27.8. The number of hydrogen-bond donors (Lipinski definition) is 2. The van der Waals surface area contributed by atoms with Crippen LogP contribution in [0.5, 0.6) is 0 Å². The lowest BCUT2D eigenvalue weighted by Gasteiger charge is -2.67. The SMILES string of the molecule is C=C1CC2C3(C)CCC(=O)C(C)(C)C3C(=O)C(O)C2(C)C(C(=O)OC)C1(C)C(=O)C(C)(O)C(=O)OC. The summed E-state index contributed by atoms with van der Waals surface area (Å²) in [6.45, 7) is 13.4. The predicted molar refractivity (Wildman–Crippen MR) is 127 cm³/mol. The summed E-state index contributed by atoms with van der Waals surface area (Å²) in [7, 11) is 2.15. The van der Waals surface area contributed by atoms with Crippen LogP contribution in [0.3, 0.4) is 0 Å². The van der Waals surface area contributed by atoms with E-state index >= 15 is 0 Å². The summed E-state index contributed by atoms with van der Waals surface area (Å²) in [6, 6.07) is 0. The van der Waals surface area contributed by atoms with Crippen LogP contribution in [-0.4, -0.2) is 65.4 Å². The molecule has 0 aromatic carbocycles. The number of ketones is 3. The first-order chi connectivity index (χ1) is 16.3. The number of carbonyl (C=O) groups is 5. The molecule has 0 aromatic rings. The highest BCUT2D eigenvalue weighted by Crippen LogP contribution is 2.70. The van der Waals surface area contributed by atoms with Crippen molar-refractivity contribution in [3.63, 3.8) is 0 Å². The molecule has 3 saturated carbocycles. The molecule has 36 heavy (non-hydrogen) atoms. The smallest absolute Gasteiger partial charge is 0.345 e. The molecular weight excluding hydrogens is 468 g/mol. The van der Waals surface area contributed by atoms with Gasteiger partial charge in [0.05, 0.1) is 25.6 Å². The highest BCUT2D eigenvalue weighted by atomic mass is 16.5. The number of fused-ring (bicyclic) bond motifs is 3. The van der Waals surface area contributed by atoms with E-state index in [1.54, 1.807) is 20.8 Å². The molecule has 2 N–H and O–H groups in total. The van der Waals surface area contributed by atoms with Gasteiger partial charge in [0.2, 0.25) is 5.60 Å². The fourth-order valence-corrected chi connectivity index (χ4v) is 8.05. The Kier molecular flexibility index (Phi) is 6.51. The minimum Gasteiger partial charge on any atom is -0.469 e. The second kappa shape index (κ2) is 8.31. The zero-order valence-corrected chi connectivity index (χ0v) is 22.4. The van der Waals surface area contributed by atoms with Crippen LogP contribution in [0.15, 0.2) is 12.2 Å². The number of allylic oxidation sites excluding steroid dienone is 1. The summed E-state index contributed by atoms with van der Waals surface area (Å²) < 4.78 is 9.73. The maximum Gasteiger partial charge on any atom is 0.345 e. The van der Waals surface area contributed by atoms with Gasteiger partial charge in [0, 0.05) is 23.2 Å². The van der Waals surface area contributed by atoms with Crippen LogP contribution < -0.4 is 0 Å². The maximum atomic E-state index is 13.9. The largest absolute Gasteiger partial charge is 0.469 e. The van der Waals surface area contributed by atoms with Gasteiger partial charge in [0.25, 0.3) is 0 Å². The molecule has 3 fully saturated rings. The summed E-state index contributed by atoms with van der Waals surface area (Å²) in [5, 5.41) is 22.5.